The molecule has 1 aromatic heterocycles. The summed E-state index contributed by atoms with van der Waals surface area (Å²) in [6, 6.07) is 12.6. The molecule has 0 saturated carbocycles. The molecule has 0 aliphatic heterocycles. The van der Waals surface area contributed by atoms with E-state index in [1.54, 1.807) is 11.3 Å². The van der Waals surface area contributed by atoms with Gasteiger partial charge in [-0.1, -0.05) is 33.3 Å². The summed E-state index contributed by atoms with van der Waals surface area (Å²) >= 11 is 5.14. The molecule has 0 spiro atoms. The van der Waals surface area contributed by atoms with Crippen molar-refractivity contribution in [3.8, 4) is 0 Å². The van der Waals surface area contributed by atoms with Crippen LogP contribution < -0.4 is 5.32 Å². The maximum atomic E-state index is 4.61. The second-order valence-electron chi connectivity index (χ2n) is 4.63. The molecule has 3 rings (SSSR count). The van der Waals surface area contributed by atoms with Gasteiger partial charge < -0.3 is 5.32 Å². The number of rotatable bonds is 2. The van der Waals surface area contributed by atoms with Crippen molar-refractivity contribution in [2.24, 2.45) is 0 Å². The Morgan fingerprint density at radius 3 is 2.53 bits per heavy atom. The first kappa shape index (κ1) is 12.6. The van der Waals surface area contributed by atoms with E-state index in [9.17, 15) is 0 Å². The van der Waals surface area contributed by atoms with Gasteiger partial charge >= 0.3 is 0 Å². The van der Waals surface area contributed by atoms with E-state index < -0.39 is 0 Å². The number of thiazole rings is 1. The van der Waals surface area contributed by atoms with Gasteiger partial charge in [0, 0.05) is 10.2 Å². The normalized spacial score (nSPS) is 10.9. The molecule has 19 heavy (non-hydrogen) atoms. The highest BCUT2D eigenvalue weighted by molar-refractivity contribution is 9.10. The largest absolute Gasteiger partial charge is 0.332 e. The third-order valence-electron chi connectivity index (χ3n) is 2.82. The van der Waals surface area contributed by atoms with E-state index in [1.807, 2.05) is 12.1 Å². The number of fused-ring (bicyclic) bond motifs is 1. The molecule has 0 amide bonds. The van der Waals surface area contributed by atoms with E-state index in [4.69, 9.17) is 0 Å². The van der Waals surface area contributed by atoms with E-state index in [0.717, 1.165) is 20.8 Å². The Balaban J connectivity index is 1.96. The second kappa shape index (κ2) is 4.94. The van der Waals surface area contributed by atoms with Crippen LogP contribution in [-0.2, 0) is 0 Å². The fraction of sp³-hybridized carbons (Fsp3) is 0.133. The van der Waals surface area contributed by atoms with Crippen molar-refractivity contribution in [3.63, 3.8) is 0 Å². The lowest BCUT2D eigenvalue weighted by Crippen LogP contribution is -1.90. The number of hydrogen-bond donors (Lipinski definition) is 1. The fourth-order valence-electron chi connectivity index (χ4n) is 2.12. The Morgan fingerprint density at radius 2 is 1.79 bits per heavy atom. The highest BCUT2D eigenvalue weighted by atomic mass is 79.9. The number of anilines is 2. The van der Waals surface area contributed by atoms with Gasteiger partial charge in [-0.25, -0.2) is 4.98 Å². The van der Waals surface area contributed by atoms with Gasteiger partial charge in [-0.15, -0.1) is 0 Å². The van der Waals surface area contributed by atoms with Crippen molar-refractivity contribution in [1.29, 1.82) is 0 Å². The number of nitrogens with zero attached hydrogens (tertiary/aromatic N) is 1. The summed E-state index contributed by atoms with van der Waals surface area (Å²) in [5.41, 5.74) is 4.62. The highest BCUT2D eigenvalue weighted by Gasteiger charge is 2.05. The minimum Gasteiger partial charge on any atom is -0.332 e. The summed E-state index contributed by atoms with van der Waals surface area (Å²) in [6.45, 7) is 4.21. The topological polar surface area (TPSA) is 24.9 Å². The molecule has 2 nitrogen and oxygen atoms in total. The Kier molecular flexibility index (Phi) is 3.29. The smallest absolute Gasteiger partial charge is 0.188 e. The molecule has 4 heteroatoms. The summed E-state index contributed by atoms with van der Waals surface area (Å²) < 4.78 is 2.25. The molecule has 2 aromatic carbocycles. The van der Waals surface area contributed by atoms with Gasteiger partial charge in [0.05, 0.1) is 10.2 Å². The minimum absolute atomic E-state index is 0.929. The molecule has 0 aliphatic carbocycles. The lowest BCUT2D eigenvalue weighted by molar-refractivity contribution is 1.36. The lowest BCUT2D eigenvalue weighted by atomic mass is 10.1. The molecule has 0 aliphatic rings. The molecule has 1 heterocycles. The zero-order chi connectivity index (χ0) is 13.4. The summed E-state index contributed by atoms with van der Waals surface area (Å²) in [5.74, 6) is 0. The number of aryl methyl sites for hydroxylation is 2. The van der Waals surface area contributed by atoms with Gasteiger partial charge in [0.1, 0.15) is 0 Å². The summed E-state index contributed by atoms with van der Waals surface area (Å²) in [5, 5.41) is 4.32. The van der Waals surface area contributed by atoms with Crippen LogP contribution in [-0.4, -0.2) is 4.98 Å². The van der Waals surface area contributed by atoms with E-state index in [1.165, 1.54) is 15.8 Å². The van der Waals surface area contributed by atoms with Crippen molar-refractivity contribution in [1.82, 2.24) is 4.98 Å². The fourth-order valence-corrected chi connectivity index (χ4v) is 3.34. The molecular formula is C15H13BrN2S. The van der Waals surface area contributed by atoms with Crippen LogP contribution >= 0.6 is 27.3 Å². The maximum absolute atomic E-state index is 4.61. The third kappa shape index (κ3) is 2.80. The third-order valence-corrected chi connectivity index (χ3v) is 4.27. The SMILES string of the molecule is Cc1cc(C)cc(Nc2nc3cc(Br)ccc3s2)c1. The average Bonchev–Trinajstić information content (AvgIpc) is 2.68. The molecule has 0 fully saturated rings. The summed E-state index contributed by atoms with van der Waals surface area (Å²) in [7, 11) is 0. The van der Waals surface area contributed by atoms with Crippen LogP contribution in [0.5, 0.6) is 0 Å². The molecule has 1 N–H and O–H groups in total. The Labute approximate surface area is 124 Å². The molecule has 0 radical (unpaired) electrons. The molecule has 0 bridgehead atoms. The van der Waals surface area contributed by atoms with Gasteiger partial charge in [0.15, 0.2) is 5.13 Å². The molecule has 3 aromatic rings. The Morgan fingerprint density at radius 1 is 1.05 bits per heavy atom. The van der Waals surface area contributed by atoms with Crippen molar-refractivity contribution >= 4 is 48.3 Å². The van der Waals surface area contributed by atoms with Crippen molar-refractivity contribution in [2.75, 3.05) is 5.32 Å². The van der Waals surface area contributed by atoms with Crippen LogP contribution in [0.3, 0.4) is 0 Å². The molecular weight excluding hydrogens is 320 g/mol. The Hall–Kier alpha value is -1.39. The van der Waals surface area contributed by atoms with E-state index in [0.29, 0.717) is 0 Å². The van der Waals surface area contributed by atoms with Crippen molar-refractivity contribution in [2.45, 2.75) is 13.8 Å². The zero-order valence-electron chi connectivity index (χ0n) is 10.7. The van der Waals surface area contributed by atoms with Crippen LogP contribution in [0.4, 0.5) is 10.8 Å². The van der Waals surface area contributed by atoms with Gasteiger partial charge in [0.2, 0.25) is 0 Å². The van der Waals surface area contributed by atoms with Crippen LogP contribution in [0.15, 0.2) is 40.9 Å². The van der Waals surface area contributed by atoms with Crippen LogP contribution in [0.25, 0.3) is 10.2 Å². The first-order valence-electron chi connectivity index (χ1n) is 6.01. The highest BCUT2D eigenvalue weighted by Crippen LogP contribution is 2.30. The molecule has 0 unspecified atom stereocenters. The molecule has 0 atom stereocenters. The van der Waals surface area contributed by atoms with Crippen LogP contribution in [0.1, 0.15) is 11.1 Å². The van der Waals surface area contributed by atoms with Gasteiger partial charge in [0.25, 0.3) is 0 Å². The number of hydrogen-bond acceptors (Lipinski definition) is 3. The van der Waals surface area contributed by atoms with Crippen LogP contribution in [0.2, 0.25) is 0 Å². The van der Waals surface area contributed by atoms with Gasteiger partial charge in [-0.3, -0.25) is 0 Å². The average molecular weight is 333 g/mol. The lowest BCUT2D eigenvalue weighted by Gasteiger charge is -2.05. The van der Waals surface area contributed by atoms with E-state index in [-0.39, 0.29) is 0 Å². The van der Waals surface area contributed by atoms with Gasteiger partial charge in [-0.2, -0.15) is 0 Å². The first-order valence-corrected chi connectivity index (χ1v) is 7.62. The summed E-state index contributed by atoms with van der Waals surface area (Å²) in [6.07, 6.45) is 0. The van der Waals surface area contributed by atoms with Crippen LogP contribution in [0, 0.1) is 13.8 Å². The summed E-state index contributed by atoms with van der Waals surface area (Å²) in [4.78, 5) is 4.61. The molecule has 0 saturated heterocycles. The standard InChI is InChI=1S/C15H13BrN2S/c1-9-5-10(2)7-12(6-9)17-15-18-13-8-11(16)3-4-14(13)19-15/h3-8H,1-2H3,(H,17,18). The maximum Gasteiger partial charge on any atom is 0.188 e. The zero-order valence-corrected chi connectivity index (χ0v) is 13.1. The monoisotopic (exact) mass is 332 g/mol. The number of halogens is 1. The number of aromatic nitrogens is 1. The molecule has 96 valence electrons. The second-order valence-corrected chi connectivity index (χ2v) is 6.58. The first-order chi connectivity index (χ1) is 9.10. The quantitative estimate of drug-likeness (QED) is 0.677. The predicted molar refractivity (Wildman–Crippen MR) is 86.5 cm³/mol. The van der Waals surface area contributed by atoms with Gasteiger partial charge in [-0.05, 0) is 55.3 Å². The number of benzene rings is 2. The van der Waals surface area contributed by atoms with Crippen molar-refractivity contribution in [3.05, 3.63) is 52.0 Å². The predicted octanol–water partition coefficient (Wildman–Crippen LogP) is 5.42. The number of nitrogens with one attached hydrogen (secondary N) is 1. The minimum atomic E-state index is 0.929. The Bertz CT molecular complexity index is 729. The van der Waals surface area contributed by atoms with E-state index in [2.05, 4.69) is 64.3 Å². The van der Waals surface area contributed by atoms with Crippen molar-refractivity contribution < 1.29 is 0 Å². The van der Waals surface area contributed by atoms with E-state index >= 15 is 0 Å².